The maximum Gasteiger partial charge on any atom is 0.478 e. The SMILES string of the molecule is CC(C)[C@H](NC(=O)c1ccccc1)C(=O)N[C@@H](Cc1ccccc1)C(=O)N[C@@H](C)C(=O)NCB1O[C@@H]2CC3CC(C3(C)C)[C@]2(C)O1. The molecule has 2 unspecified atom stereocenters. The van der Waals surface area contributed by atoms with E-state index in [4.69, 9.17) is 9.31 Å². The van der Waals surface area contributed by atoms with Crippen molar-refractivity contribution in [1.82, 2.24) is 21.3 Å². The molecule has 4 fully saturated rings. The summed E-state index contributed by atoms with van der Waals surface area (Å²) in [5, 5.41) is 11.3. The molecule has 2 aromatic rings. The van der Waals surface area contributed by atoms with Crippen molar-refractivity contribution in [2.45, 2.75) is 90.6 Å². The Hall–Kier alpha value is -3.70. The lowest BCUT2D eigenvalue weighted by atomic mass is 9.43. The number of benzene rings is 2. The van der Waals surface area contributed by atoms with Crippen molar-refractivity contribution in [1.29, 1.82) is 0 Å². The van der Waals surface area contributed by atoms with Crippen molar-refractivity contribution in [2.24, 2.45) is 23.2 Å². The highest BCUT2D eigenvalue weighted by atomic mass is 16.7. The topological polar surface area (TPSA) is 135 Å². The number of amides is 4. The summed E-state index contributed by atoms with van der Waals surface area (Å²) in [5.41, 5.74) is 1.12. The van der Waals surface area contributed by atoms with Gasteiger partial charge in [0.15, 0.2) is 0 Å². The van der Waals surface area contributed by atoms with Gasteiger partial charge in [0, 0.05) is 12.0 Å². The van der Waals surface area contributed by atoms with Gasteiger partial charge in [0.1, 0.15) is 18.1 Å². The lowest BCUT2D eigenvalue weighted by Crippen LogP contribution is -2.65. The van der Waals surface area contributed by atoms with E-state index in [1.54, 1.807) is 31.2 Å². The third-order valence-electron chi connectivity index (χ3n) is 10.4. The molecule has 1 heterocycles. The minimum Gasteiger partial charge on any atom is -0.404 e. The summed E-state index contributed by atoms with van der Waals surface area (Å²) in [4.78, 5) is 53.0. The summed E-state index contributed by atoms with van der Waals surface area (Å²) < 4.78 is 12.6. The van der Waals surface area contributed by atoms with E-state index in [0.717, 1.165) is 18.4 Å². The van der Waals surface area contributed by atoms with Crippen LogP contribution < -0.4 is 21.3 Å². The smallest absolute Gasteiger partial charge is 0.404 e. The number of hydrogen-bond donors (Lipinski definition) is 4. The predicted octanol–water partition coefficient (Wildman–Crippen LogP) is 3.06. The van der Waals surface area contributed by atoms with Gasteiger partial charge in [-0.25, -0.2) is 0 Å². The van der Waals surface area contributed by atoms with Crippen LogP contribution in [0.25, 0.3) is 0 Å². The molecule has 1 saturated heterocycles. The van der Waals surface area contributed by atoms with E-state index in [2.05, 4.69) is 42.0 Å². The molecule has 11 heteroatoms. The quantitative estimate of drug-likeness (QED) is 0.267. The van der Waals surface area contributed by atoms with Gasteiger partial charge in [-0.2, -0.15) is 0 Å². The molecule has 0 spiro atoms. The standard InChI is InChI=1S/C35H47BN4O6/c1-21(2)29(40-31(42)24-15-11-8-12-16-24)33(44)39-26(17-23-13-9-7-10-14-23)32(43)38-22(3)30(41)37-20-36-45-28-19-25-18-27(34(25,4)5)35(28,6)46-36/h7-16,21-22,25-29H,17-20H2,1-6H3,(H,37,41)(H,38,43)(H,39,44)(H,40,42)/t22-,25?,26-,27?,28+,29-,35-/m0/s1. The molecule has 2 bridgehead atoms. The van der Waals surface area contributed by atoms with E-state index < -0.39 is 37.1 Å². The van der Waals surface area contributed by atoms with Gasteiger partial charge in [-0.3, -0.25) is 19.2 Å². The second kappa shape index (κ2) is 13.6. The monoisotopic (exact) mass is 630 g/mol. The first-order chi connectivity index (χ1) is 21.8. The highest BCUT2D eigenvalue weighted by Gasteiger charge is 2.67. The van der Waals surface area contributed by atoms with Crippen LogP contribution in [-0.4, -0.2) is 67.0 Å². The van der Waals surface area contributed by atoms with E-state index in [9.17, 15) is 19.2 Å². The van der Waals surface area contributed by atoms with Crippen molar-refractivity contribution in [3.8, 4) is 0 Å². The van der Waals surface area contributed by atoms with E-state index in [1.807, 2.05) is 50.2 Å². The molecule has 7 atom stereocenters. The van der Waals surface area contributed by atoms with Crippen LogP contribution in [0.2, 0.25) is 0 Å². The van der Waals surface area contributed by atoms with Crippen LogP contribution in [0.1, 0.15) is 70.3 Å². The van der Waals surface area contributed by atoms with Crippen molar-refractivity contribution in [2.75, 3.05) is 6.44 Å². The Kier molecular flexibility index (Phi) is 9.93. The fourth-order valence-electron chi connectivity index (χ4n) is 7.42. The van der Waals surface area contributed by atoms with Gasteiger partial charge in [0.2, 0.25) is 17.7 Å². The lowest BCUT2D eigenvalue weighted by Gasteiger charge is -2.64. The first-order valence-electron chi connectivity index (χ1n) is 16.4. The Morgan fingerprint density at radius 3 is 2.13 bits per heavy atom. The zero-order valence-electron chi connectivity index (χ0n) is 27.7. The molecule has 2 aromatic carbocycles. The summed E-state index contributed by atoms with van der Waals surface area (Å²) in [6.07, 6.45) is 2.48. The fourth-order valence-corrected chi connectivity index (χ4v) is 7.42. The number of rotatable bonds is 12. The van der Waals surface area contributed by atoms with Gasteiger partial charge in [0.05, 0.1) is 18.1 Å². The molecule has 4 aliphatic rings. The third kappa shape index (κ3) is 7.00. The third-order valence-corrected chi connectivity index (χ3v) is 10.4. The molecule has 3 saturated carbocycles. The van der Waals surface area contributed by atoms with Crippen molar-refractivity contribution in [3.05, 3.63) is 71.8 Å². The molecule has 246 valence electrons. The highest BCUT2D eigenvalue weighted by Crippen LogP contribution is 2.65. The molecular formula is C35H47BN4O6. The number of carbonyl (C=O) groups is 4. The first kappa shape index (κ1) is 33.7. The van der Waals surface area contributed by atoms with Crippen LogP contribution in [0.15, 0.2) is 60.7 Å². The van der Waals surface area contributed by atoms with Crippen LogP contribution in [0.4, 0.5) is 0 Å². The molecule has 3 aliphatic carbocycles. The normalized spacial score (nSPS) is 26.2. The second-order valence-electron chi connectivity index (χ2n) is 14.2. The molecule has 10 nitrogen and oxygen atoms in total. The van der Waals surface area contributed by atoms with Gasteiger partial charge in [-0.1, -0.05) is 76.2 Å². The Labute approximate surface area is 272 Å². The van der Waals surface area contributed by atoms with E-state index in [0.29, 0.717) is 17.4 Å². The zero-order chi connectivity index (χ0) is 33.2. The Morgan fingerprint density at radius 1 is 0.848 bits per heavy atom. The van der Waals surface area contributed by atoms with Gasteiger partial charge in [-0.15, -0.1) is 0 Å². The van der Waals surface area contributed by atoms with Crippen molar-refractivity contribution < 1.29 is 28.5 Å². The molecule has 0 radical (unpaired) electrons. The van der Waals surface area contributed by atoms with Crippen molar-refractivity contribution >= 4 is 30.7 Å². The highest BCUT2D eigenvalue weighted by molar-refractivity contribution is 6.46. The predicted molar refractivity (Wildman–Crippen MR) is 175 cm³/mol. The van der Waals surface area contributed by atoms with Crippen LogP contribution >= 0.6 is 0 Å². The first-order valence-corrected chi connectivity index (χ1v) is 16.4. The molecule has 46 heavy (non-hydrogen) atoms. The van der Waals surface area contributed by atoms with E-state index >= 15 is 0 Å². The Morgan fingerprint density at radius 2 is 1.50 bits per heavy atom. The van der Waals surface area contributed by atoms with Crippen LogP contribution in [0.3, 0.4) is 0 Å². The van der Waals surface area contributed by atoms with Gasteiger partial charge in [0.25, 0.3) is 5.91 Å². The average Bonchev–Trinajstić information content (AvgIpc) is 3.38. The Balaban J connectivity index is 1.19. The maximum atomic E-state index is 13.6. The summed E-state index contributed by atoms with van der Waals surface area (Å²) >= 11 is 0. The largest absolute Gasteiger partial charge is 0.478 e. The number of nitrogens with one attached hydrogen (secondary N) is 4. The van der Waals surface area contributed by atoms with Crippen LogP contribution in [0, 0.1) is 23.2 Å². The molecule has 4 amide bonds. The zero-order valence-corrected chi connectivity index (χ0v) is 27.7. The molecule has 1 aliphatic heterocycles. The maximum absolute atomic E-state index is 13.6. The van der Waals surface area contributed by atoms with E-state index in [-0.39, 0.29) is 47.7 Å². The summed E-state index contributed by atoms with van der Waals surface area (Å²) in [7, 11) is -0.554. The summed E-state index contributed by atoms with van der Waals surface area (Å²) in [6.45, 7) is 12.0. The molecular weight excluding hydrogens is 583 g/mol. The lowest BCUT2D eigenvalue weighted by molar-refractivity contribution is -0.199. The fraction of sp³-hybridized carbons (Fsp3) is 0.543. The molecule has 0 aromatic heterocycles. The molecule has 6 rings (SSSR count). The molecule has 4 N–H and O–H groups in total. The number of carbonyl (C=O) groups excluding carboxylic acids is 4. The van der Waals surface area contributed by atoms with Crippen LogP contribution in [0.5, 0.6) is 0 Å². The minimum atomic E-state index is -0.987. The Bertz CT molecular complexity index is 1420. The van der Waals surface area contributed by atoms with E-state index in [1.165, 1.54) is 0 Å². The van der Waals surface area contributed by atoms with Crippen LogP contribution in [-0.2, 0) is 30.1 Å². The van der Waals surface area contributed by atoms with Gasteiger partial charge >= 0.3 is 7.12 Å². The number of hydrogen-bond acceptors (Lipinski definition) is 6. The summed E-state index contributed by atoms with van der Waals surface area (Å²) in [6, 6.07) is 15.2. The van der Waals surface area contributed by atoms with Crippen molar-refractivity contribution in [3.63, 3.8) is 0 Å². The minimum absolute atomic E-state index is 0.0119. The average molecular weight is 631 g/mol. The van der Waals surface area contributed by atoms with Gasteiger partial charge in [-0.05, 0) is 67.6 Å². The summed E-state index contributed by atoms with van der Waals surface area (Å²) in [5.74, 6) is -0.965. The second-order valence-corrected chi connectivity index (χ2v) is 14.2. The van der Waals surface area contributed by atoms with Gasteiger partial charge < -0.3 is 30.6 Å².